The number of rotatable bonds is 6. The van der Waals surface area contributed by atoms with Gasteiger partial charge in [0.25, 0.3) is 0 Å². The van der Waals surface area contributed by atoms with Crippen LogP contribution in [0.25, 0.3) is 0 Å². The number of nitrogens with two attached hydrogens (primary N) is 1. The summed E-state index contributed by atoms with van der Waals surface area (Å²) in [5.41, 5.74) is 3.91. The van der Waals surface area contributed by atoms with Gasteiger partial charge in [-0.1, -0.05) is 0 Å². The molecule has 1 saturated heterocycles. The highest BCUT2D eigenvalue weighted by atomic mass is 32.2. The van der Waals surface area contributed by atoms with Crippen molar-refractivity contribution < 1.29 is 13.2 Å². The number of primary amides is 1. The van der Waals surface area contributed by atoms with Gasteiger partial charge in [-0.15, -0.1) is 0 Å². The summed E-state index contributed by atoms with van der Waals surface area (Å²) >= 11 is 0. The zero-order valence-electron chi connectivity index (χ0n) is 11.0. The van der Waals surface area contributed by atoms with Gasteiger partial charge in [-0.25, -0.2) is 13.1 Å². The first-order chi connectivity index (χ1) is 8.23. The molecule has 1 aliphatic heterocycles. The minimum Gasteiger partial charge on any atom is -0.368 e. The van der Waals surface area contributed by atoms with Crippen molar-refractivity contribution in [3.63, 3.8) is 0 Å². The van der Waals surface area contributed by atoms with Crippen molar-refractivity contribution in [3.8, 4) is 0 Å². The van der Waals surface area contributed by atoms with Crippen molar-refractivity contribution in [1.82, 2.24) is 10.0 Å². The third-order valence-electron chi connectivity index (χ3n) is 3.28. The van der Waals surface area contributed by atoms with Crippen molar-refractivity contribution in [2.75, 3.05) is 18.8 Å². The van der Waals surface area contributed by atoms with Crippen molar-refractivity contribution >= 4 is 15.9 Å². The smallest absolute Gasteiger partial charge is 0.238 e. The molecule has 18 heavy (non-hydrogen) atoms. The lowest BCUT2D eigenvalue weighted by Gasteiger charge is -2.25. The second-order valence-electron chi connectivity index (χ2n) is 5.39. The average Bonchev–Trinajstić information content (AvgIpc) is 2.26. The van der Waals surface area contributed by atoms with Crippen LogP contribution in [0.2, 0.25) is 0 Å². The number of amides is 1. The summed E-state index contributed by atoms with van der Waals surface area (Å²) in [6.07, 6.45) is 2.65. The molecule has 0 aliphatic carbocycles. The van der Waals surface area contributed by atoms with E-state index < -0.39 is 21.5 Å². The van der Waals surface area contributed by atoms with E-state index in [0.717, 1.165) is 25.9 Å². The molecule has 4 N–H and O–H groups in total. The first-order valence-electron chi connectivity index (χ1n) is 6.25. The number of hydrogen-bond acceptors (Lipinski definition) is 4. The molecule has 6 nitrogen and oxygen atoms in total. The molecule has 1 aliphatic rings. The number of carbonyl (C=O) groups excluding carboxylic acids is 1. The standard InChI is InChI=1S/C11H23N3O3S/c1-11(2,10(12)15)14-18(16,17)8-5-9-3-6-13-7-4-9/h9,13-14H,3-8H2,1-2H3,(H2,12,15). The van der Waals surface area contributed by atoms with Crippen LogP contribution >= 0.6 is 0 Å². The lowest BCUT2D eigenvalue weighted by atomic mass is 9.96. The predicted molar refractivity (Wildman–Crippen MR) is 70.4 cm³/mol. The van der Waals surface area contributed by atoms with Crippen LogP contribution < -0.4 is 15.8 Å². The van der Waals surface area contributed by atoms with E-state index in [-0.39, 0.29) is 5.75 Å². The molecule has 0 atom stereocenters. The molecule has 0 aromatic heterocycles. The number of hydrogen-bond donors (Lipinski definition) is 3. The summed E-state index contributed by atoms with van der Waals surface area (Å²) < 4.78 is 26.1. The second-order valence-corrected chi connectivity index (χ2v) is 7.23. The van der Waals surface area contributed by atoms with Crippen LogP contribution in [-0.2, 0) is 14.8 Å². The van der Waals surface area contributed by atoms with Crippen LogP contribution in [0.15, 0.2) is 0 Å². The zero-order valence-corrected chi connectivity index (χ0v) is 11.8. The van der Waals surface area contributed by atoms with Crippen molar-refractivity contribution in [2.24, 2.45) is 11.7 Å². The minimum atomic E-state index is -3.45. The molecule has 0 spiro atoms. The molecule has 0 bridgehead atoms. The largest absolute Gasteiger partial charge is 0.368 e. The van der Waals surface area contributed by atoms with Crippen LogP contribution in [-0.4, -0.2) is 38.7 Å². The van der Waals surface area contributed by atoms with Crippen molar-refractivity contribution in [2.45, 2.75) is 38.6 Å². The van der Waals surface area contributed by atoms with Gasteiger partial charge >= 0.3 is 0 Å². The third-order valence-corrected chi connectivity index (χ3v) is 4.87. The molecular weight excluding hydrogens is 254 g/mol. The van der Waals surface area contributed by atoms with Crippen molar-refractivity contribution in [1.29, 1.82) is 0 Å². The Morgan fingerprint density at radius 2 is 1.94 bits per heavy atom. The summed E-state index contributed by atoms with van der Waals surface area (Å²) in [4.78, 5) is 11.1. The maximum absolute atomic E-state index is 11.9. The molecule has 106 valence electrons. The van der Waals surface area contributed by atoms with E-state index in [1.54, 1.807) is 0 Å². The fraction of sp³-hybridized carbons (Fsp3) is 0.909. The van der Waals surface area contributed by atoms with Gasteiger partial charge in [0.1, 0.15) is 5.54 Å². The highest BCUT2D eigenvalue weighted by Crippen LogP contribution is 2.17. The van der Waals surface area contributed by atoms with Gasteiger partial charge in [-0.3, -0.25) is 4.79 Å². The Bertz CT molecular complexity index is 386. The molecule has 0 saturated carbocycles. The predicted octanol–water partition coefficient (Wildman–Crippen LogP) is -0.441. The van der Waals surface area contributed by atoms with Gasteiger partial charge in [0.05, 0.1) is 5.75 Å². The summed E-state index contributed by atoms with van der Waals surface area (Å²) in [5, 5.41) is 3.24. The van der Waals surface area contributed by atoms with E-state index in [1.165, 1.54) is 13.8 Å². The quantitative estimate of drug-likeness (QED) is 0.612. The Hall–Kier alpha value is -0.660. The van der Waals surface area contributed by atoms with Crippen LogP contribution in [0.1, 0.15) is 33.1 Å². The van der Waals surface area contributed by atoms with Gasteiger partial charge in [-0.2, -0.15) is 0 Å². The maximum atomic E-state index is 11.9. The van der Waals surface area contributed by atoms with E-state index in [0.29, 0.717) is 12.3 Å². The van der Waals surface area contributed by atoms with Crippen LogP contribution in [0.5, 0.6) is 0 Å². The Morgan fingerprint density at radius 3 is 2.44 bits per heavy atom. The molecule has 0 unspecified atom stereocenters. The molecule has 1 heterocycles. The summed E-state index contributed by atoms with van der Waals surface area (Å²) in [6.45, 7) is 4.84. The zero-order chi connectivity index (χ0) is 13.8. The van der Waals surface area contributed by atoms with Gasteiger partial charge in [-0.05, 0) is 52.1 Å². The Labute approximate surface area is 109 Å². The average molecular weight is 277 g/mol. The fourth-order valence-corrected chi connectivity index (χ4v) is 3.61. The molecule has 1 rings (SSSR count). The van der Waals surface area contributed by atoms with Gasteiger partial charge in [0, 0.05) is 0 Å². The first kappa shape index (κ1) is 15.4. The van der Waals surface area contributed by atoms with E-state index in [4.69, 9.17) is 5.73 Å². The van der Waals surface area contributed by atoms with Gasteiger partial charge in [0.2, 0.25) is 15.9 Å². The van der Waals surface area contributed by atoms with Crippen LogP contribution in [0, 0.1) is 5.92 Å². The normalized spacial score (nSPS) is 18.8. The summed E-state index contributed by atoms with van der Waals surface area (Å²) in [5.74, 6) is -0.179. The monoisotopic (exact) mass is 277 g/mol. The molecule has 7 heteroatoms. The number of sulfonamides is 1. The lowest BCUT2D eigenvalue weighted by Crippen LogP contribution is -2.53. The van der Waals surface area contributed by atoms with Gasteiger partial charge < -0.3 is 11.1 Å². The van der Waals surface area contributed by atoms with Crippen molar-refractivity contribution in [3.05, 3.63) is 0 Å². The molecule has 0 aromatic carbocycles. The third kappa shape index (κ3) is 4.91. The SMILES string of the molecule is CC(C)(NS(=O)(=O)CCC1CCNCC1)C(N)=O. The van der Waals surface area contributed by atoms with E-state index in [1.807, 2.05) is 0 Å². The van der Waals surface area contributed by atoms with Crippen LogP contribution in [0.4, 0.5) is 0 Å². The van der Waals surface area contributed by atoms with Gasteiger partial charge in [0.15, 0.2) is 0 Å². The van der Waals surface area contributed by atoms with Crippen LogP contribution in [0.3, 0.4) is 0 Å². The molecule has 0 radical (unpaired) electrons. The topological polar surface area (TPSA) is 101 Å². The lowest BCUT2D eigenvalue weighted by molar-refractivity contribution is -0.122. The molecular formula is C11H23N3O3S. The molecule has 1 fully saturated rings. The Morgan fingerprint density at radius 1 is 1.39 bits per heavy atom. The Kier molecular flexibility index (Phi) is 5.12. The molecule has 1 amide bonds. The first-order valence-corrected chi connectivity index (χ1v) is 7.90. The summed E-state index contributed by atoms with van der Waals surface area (Å²) in [6, 6.07) is 0. The Balaban J connectivity index is 2.46. The van der Waals surface area contributed by atoms with E-state index in [2.05, 4.69) is 10.0 Å². The minimum absolute atomic E-state index is 0.0500. The second kappa shape index (κ2) is 5.99. The maximum Gasteiger partial charge on any atom is 0.238 e. The highest BCUT2D eigenvalue weighted by molar-refractivity contribution is 7.89. The van der Waals surface area contributed by atoms with E-state index >= 15 is 0 Å². The number of piperidine rings is 1. The summed E-state index contributed by atoms with van der Waals surface area (Å²) in [7, 11) is -3.45. The molecule has 0 aromatic rings. The highest BCUT2D eigenvalue weighted by Gasteiger charge is 2.30. The fourth-order valence-electron chi connectivity index (χ4n) is 1.98. The number of carbonyl (C=O) groups is 1. The number of nitrogens with one attached hydrogen (secondary N) is 2. The van der Waals surface area contributed by atoms with E-state index in [9.17, 15) is 13.2 Å².